The fourth-order valence-corrected chi connectivity index (χ4v) is 3.79. The van der Waals surface area contributed by atoms with Crippen molar-refractivity contribution in [2.45, 2.75) is 38.9 Å². The molecule has 1 unspecified atom stereocenters. The maximum absolute atomic E-state index is 13.3. The van der Waals surface area contributed by atoms with Crippen LogP contribution in [-0.2, 0) is 17.9 Å². The molecule has 1 atom stereocenters. The van der Waals surface area contributed by atoms with Gasteiger partial charge in [0.05, 0.1) is 5.56 Å². The first-order chi connectivity index (χ1) is 14.5. The van der Waals surface area contributed by atoms with E-state index < -0.39 is 5.91 Å². The molecule has 0 bridgehead atoms. The first-order valence-electron chi connectivity index (χ1n) is 10.3. The van der Waals surface area contributed by atoms with Crippen molar-refractivity contribution in [2.75, 3.05) is 0 Å². The average molecular weight is 402 g/mol. The third kappa shape index (κ3) is 4.43. The number of rotatable bonds is 8. The number of hydrogen-bond acceptors (Lipinski definition) is 3. The molecule has 1 fully saturated rings. The number of nitrogens with two attached hydrogens (primary N) is 1. The van der Waals surface area contributed by atoms with E-state index in [1.165, 1.54) is 4.68 Å². The summed E-state index contributed by atoms with van der Waals surface area (Å²) in [5.41, 5.74) is 8.28. The Morgan fingerprint density at radius 2 is 1.73 bits per heavy atom. The van der Waals surface area contributed by atoms with E-state index in [1.807, 2.05) is 65.6 Å². The van der Waals surface area contributed by atoms with Crippen molar-refractivity contribution >= 4 is 11.8 Å². The molecule has 6 heteroatoms. The number of amides is 2. The lowest BCUT2D eigenvalue weighted by Crippen LogP contribution is -2.41. The summed E-state index contributed by atoms with van der Waals surface area (Å²) >= 11 is 0. The van der Waals surface area contributed by atoms with E-state index >= 15 is 0 Å². The molecular formula is C24H26N4O2. The zero-order chi connectivity index (χ0) is 21.1. The van der Waals surface area contributed by atoms with Gasteiger partial charge in [0.25, 0.3) is 5.91 Å². The van der Waals surface area contributed by atoms with E-state index in [2.05, 4.69) is 12.0 Å². The van der Waals surface area contributed by atoms with Gasteiger partial charge in [-0.3, -0.25) is 14.3 Å². The third-order valence-corrected chi connectivity index (χ3v) is 5.68. The number of nitrogens with zero attached hydrogens (tertiary/aromatic N) is 3. The molecule has 0 radical (unpaired) electrons. The average Bonchev–Trinajstić information content (AvgIpc) is 3.52. The van der Waals surface area contributed by atoms with E-state index in [4.69, 9.17) is 5.73 Å². The Bertz CT molecular complexity index is 1030. The Hall–Kier alpha value is -3.41. The van der Waals surface area contributed by atoms with E-state index in [9.17, 15) is 9.59 Å². The zero-order valence-corrected chi connectivity index (χ0v) is 17.1. The molecule has 3 aromatic rings. The summed E-state index contributed by atoms with van der Waals surface area (Å²) in [6.45, 7) is 2.75. The maximum Gasteiger partial charge on any atom is 0.252 e. The largest absolute Gasteiger partial charge is 0.365 e. The fourth-order valence-electron chi connectivity index (χ4n) is 3.79. The molecule has 0 saturated heterocycles. The van der Waals surface area contributed by atoms with Crippen molar-refractivity contribution in [1.82, 2.24) is 14.7 Å². The van der Waals surface area contributed by atoms with E-state index in [0.717, 1.165) is 24.0 Å². The summed E-state index contributed by atoms with van der Waals surface area (Å²) in [6, 6.07) is 19.6. The van der Waals surface area contributed by atoms with Gasteiger partial charge >= 0.3 is 0 Å². The molecule has 30 heavy (non-hydrogen) atoms. The van der Waals surface area contributed by atoms with Crippen molar-refractivity contribution in [1.29, 1.82) is 0 Å². The van der Waals surface area contributed by atoms with Crippen LogP contribution in [0.1, 0.15) is 35.7 Å². The molecule has 2 N–H and O–H groups in total. The number of carbonyl (C=O) groups is 2. The fraction of sp³-hybridized carbons (Fsp3) is 0.292. The highest BCUT2D eigenvalue weighted by molar-refractivity contribution is 5.98. The van der Waals surface area contributed by atoms with Crippen LogP contribution in [-0.4, -0.2) is 32.5 Å². The van der Waals surface area contributed by atoms with Crippen LogP contribution in [0.3, 0.4) is 0 Å². The minimum atomic E-state index is -0.556. The maximum atomic E-state index is 13.3. The van der Waals surface area contributed by atoms with E-state index in [1.54, 1.807) is 6.20 Å². The van der Waals surface area contributed by atoms with Crippen molar-refractivity contribution in [3.63, 3.8) is 0 Å². The number of primary amides is 1. The molecule has 6 nitrogen and oxygen atoms in total. The molecular weight excluding hydrogens is 376 g/mol. The topological polar surface area (TPSA) is 81.2 Å². The predicted molar refractivity (Wildman–Crippen MR) is 115 cm³/mol. The smallest absolute Gasteiger partial charge is 0.252 e. The summed E-state index contributed by atoms with van der Waals surface area (Å²) in [5, 5.41) is 4.52. The summed E-state index contributed by atoms with van der Waals surface area (Å²) in [7, 11) is 0. The number of benzene rings is 2. The molecule has 1 aromatic heterocycles. The van der Waals surface area contributed by atoms with Crippen molar-refractivity contribution < 1.29 is 9.59 Å². The van der Waals surface area contributed by atoms with Crippen LogP contribution in [0.4, 0.5) is 0 Å². The van der Waals surface area contributed by atoms with Crippen LogP contribution in [0.25, 0.3) is 11.3 Å². The lowest BCUT2D eigenvalue weighted by Gasteiger charge is -2.29. The molecule has 2 amide bonds. The van der Waals surface area contributed by atoms with Gasteiger partial charge in [0.2, 0.25) is 5.91 Å². The molecule has 0 spiro atoms. The monoisotopic (exact) mass is 402 g/mol. The van der Waals surface area contributed by atoms with Crippen LogP contribution in [0.5, 0.6) is 0 Å². The van der Waals surface area contributed by atoms with Crippen LogP contribution < -0.4 is 5.73 Å². The SMILES string of the molecule is CC(C1CC1)N(Cc1ccccc1)C(=O)Cn1cc(C(N)=O)c(-c2ccccc2)n1. The highest BCUT2D eigenvalue weighted by atomic mass is 16.2. The van der Waals surface area contributed by atoms with Gasteiger partial charge in [0, 0.05) is 24.3 Å². The first kappa shape index (κ1) is 19.9. The van der Waals surface area contributed by atoms with Crippen molar-refractivity contribution in [3.8, 4) is 11.3 Å². The zero-order valence-electron chi connectivity index (χ0n) is 17.1. The number of carbonyl (C=O) groups excluding carboxylic acids is 2. The van der Waals surface area contributed by atoms with Gasteiger partial charge in [-0.25, -0.2) is 0 Å². The Morgan fingerprint density at radius 1 is 1.10 bits per heavy atom. The van der Waals surface area contributed by atoms with Gasteiger partial charge in [-0.15, -0.1) is 0 Å². The predicted octanol–water partition coefficient (Wildman–Crippen LogP) is 3.48. The second-order valence-corrected chi connectivity index (χ2v) is 7.90. The van der Waals surface area contributed by atoms with Crippen LogP contribution >= 0.6 is 0 Å². The summed E-state index contributed by atoms with van der Waals surface area (Å²) < 4.78 is 1.53. The van der Waals surface area contributed by atoms with Crippen LogP contribution in [0.15, 0.2) is 66.9 Å². The van der Waals surface area contributed by atoms with Crippen molar-refractivity contribution in [2.24, 2.45) is 11.7 Å². The Morgan fingerprint density at radius 3 is 2.33 bits per heavy atom. The molecule has 2 aromatic carbocycles. The molecule has 1 aliphatic carbocycles. The quantitative estimate of drug-likeness (QED) is 0.626. The van der Waals surface area contributed by atoms with Gasteiger partial charge < -0.3 is 10.6 Å². The van der Waals surface area contributed by atoms with Gasteiger partial charge in [-0.05, 0) is 31.2 Å². The van der Waals surface area contributed by atoms with Gasteiger partial charge in [0.15, 0.2) is 0 Å². The summed E-state index contributed by atoms with van der Waals surface area (Å²) in [6.07, 6.45) is 3.89. The standard InChI is InChI=1S/C24H26N4O2/c1-17(19-12-13-19)28(14-18-8-4-2-5-9-18)22(29)16-27-15-21(24(25)30)23(26-27)20-10-6-3-7-11-20/h2-11,15,17,19H,12-14,16H2,1H3,(H2,25,30). The van der Waals surface area contributed by atoms with Gasteiger partial charge in [-0.1, -0.05) is 60.7 Å². The van der Waals surface area contributed by atoms with Crippen LogP contribution in [0.2, 0.25) is 0 Å². The lowest BCUT2D eigenvalue weighted by molar-refractivity contribution is -0.135. The van der Waals surface area contributed by atoms with Gasteiger partial charge in [-0.2, -0.15) is 5.10 Å². The number of hydrogen-bond donors (Lipinski definition) is 1. The number of aromatic nitrogens is 2. The molecule has 1 heterocycles. The summed E-state index contributed by atoms with van der Waals surface area (Å²) in [4.78, 5) is 27.1. The molecule has 4 rings (SSSR count). The first-order valence-corrected chi connectivity index (χ1v) is 10.3. The van der Waals surface area contributed by atoms with E-state index in [-0.39, 0.29) is 18.5 Å². The Balaban J connectivity index is 1.58. The highest BCUT2D eigenvalue weighted by Crippen LogP contribution is 2.36. The minimum Gasteiger partial charge on any atom is -0.365 e. The molecule has 154 valence electrons. The summed E-state index contributed by atoms with van der Waals surface area (Å²) in [5.74, 6) is -0.0206. The Kier molecular flexibility index (Phi) is 5.65. The second-order valence-electron chi connectivity index (χ2n) is 7.90. The lowest BCUT2D eigenvalue weighted by atomic mass is 10.1. The molecule has 1 saturated carbocycles. The molecule has 0 aliphatic heterocycles. The highest BCUT2D eigenvalue weighted by Gasteiger charge is 2.34. The second kappa shape index (κ2) is 8.53. The Labute approximate surface area is 176 Å². The van der Waals surface area contributed by atoms with Gasteiger partial charge in [0.1, 0.15) is 12.2 Å². The van der Waals surface area contributed by atoms with Crippen molar-refractivity contribution in [3.05, 3.63) is 78.0 Å². The normalized spacial score (nSPS) is 14.3. The van der Waals surface area contributed by atoms with Crippen LogP contribution in [0, 0.1) is 5.92 Å². The third-order valence-electron chi connectivity index (χ3n) is 5.68. The minimum absolute atomic E-state index is 0.0172. The molecule has 1 aliphatic rings. The van der Waals surface area contributed by atoms with E-state index in [0.29, 0.717) is 23.7 Å².